The van der Waals surface area contributed by atoms with Crippen molar-refractivity contribution < 1.29 is 13.2 Å². The molecule has 3 aromatic heterocycles. The number of hydrogen-bond donors (Lipinski definition) is 2. The number of benzene rings is 2. The number of imidazole rings is 1. The molecule has 0 amide bonds. The lowest BCUT2D eigenvalue weighted by Crippen LogP contribution is -2.13. The molecule has 0 aliphatic heterocycles. The van der Waals surface area contributed by atoms with Crippen molar-refractivity contribution in [3.05, 3.63) is 107 Å². The van der Waals surface area contributed by atoms with Gasteiger partial charge in [0.1, 0.15) is 11.9 Å². The topological polar surface area (TPSA) is 91.5 Å². The largest absolute Gasteiger partial charge is 0.373 e. The first kappa shape index (κ1) is 24.7. The van der Waals surface area contributed by atoms with E-state index in [0.717, 1.165) is 36.4 Å². The first-order chi connectivity index (χ1) is 18.9. The molecule has 2 aromatic carbocycles. The normalized spacial score (nSPS) is 13.7. The molecule has 5 aromatic rings. The average Bonchev–Trinajstić information content (AvgIpc) is 3.67. The second-order valence-electron chi connectivity index (χ2n) is 9.24. The lowest BCUT2D eigenvalue weighted by Gasteiger charge is -2.20. The molecule has 11 heteroatoms. The zero-order chi connectivity index (χ0) is 27.1. The van der Waals surface area contributed by atoms with E-state index in [1.54, 1.807) is 30.6 Å². The Labute approximate surface area is 225 Å². The van der Waals surface area contributed by atoms with Crippen LogP contribution in [0.3, 0.4) is 0 Å². The lowest BCUT2D eigenvalue weighted by molar-refractivity contribution is 0.480. The van der Waals surface area contributed by atoms with Gasteiger partial charge in [0, 0.05) is 35.6 Å². The minimum atomic E-state index is -1.23. The smallest absolute Gasteiger partial charge is 0.249 e. The predicted molar refractivity (Wildman–Crippen MR) is 141 cm³/mol. The van der Waals surface area contributed by atoms with Gasteiger partial charge in [0.2, 0.25) is 5.95 Å². The van der Waals surface area contributed by atoms with Crippen molar-refractivity contribution in [1.29, 1.82) is 5.26 Å². The summed E-state index contributed by atoms with van der Waals surface area (Å²) in [5.74, 6) is -2.72. The number of nitriles is 1. The molecule has 1 fully saturated rings. The summed E-state index contributed by atoms with van der Waals surface area (Å²) < 4.78 is 43.0. The summed E-state index contributed by atoms with van der Waals surface area (Å²) in [5.41, 5.74) is 3.10. The highest BCUT2D eigenvalue weighted by atomic mass is 35.5. The van der Waals surface area contributed by atoms with Gasteiger partial charge < -0.3 is 15.2 Å². The number of hydrogen-bond acceptors (Lipinski definition) is 6. The highest BCUT2D eigenvalue weighted by Gasteiger charge is 2.26. The molecule has 6 rings (SSSR count). The second kappa shape index (κ2) is 9.93. The highest BCUT2D eigenvalue weighted by molar-refractivity contribution is 6.36. The maximum atomic E-state index is 13.8. The fraction of sp³-hybridized carbons (Fsp3) is 0.143. The van der Waals surface area contributed by atoms with E-state index < -0.39 is 17.8 Å². The summed E-state index contributed by atoms with van der Waals surface area (Å²) in [6, 6.07) is 12.6. The van der Waals surface area contributed by atoms with E-state index in [0.29, 0.717) is 33.3 Å². The second-order valence-corrected chi connectivity index (χ2v) is 9.65. The van der Waals surface area contributed by atoms with Crippen molar-refractivity contribution in [2.45, 2.75) is 24.9 Å². The van der Waals surface area contributed by atoms with Crippen LogP contribution in [-0.2, 0) is 0 Å². The van der Waals surface area contributed by atoms with E-state index >= 15 is 0 Å². The first-order valence-electron chi connectivity index (χ1n) is 12.1. The Kier molecular flexibility index (Phi) is 6.29. The summed E-state index contributed by atoms with van der Waals surface area (Å²) in [7, 11) is 0. The van der Waals surface area contributed by atoms with Gasteiger partial charge in [0.05, 0.1) is 51.7 Å². The number of rotatable bonds is 7. The highest BCUT2D eigenvalue weighted by Crippen LogP contribution is 2.38. The Morgan fingerprint density at radius 1 is 1.00 bits per heavy atom. The van der Waals surface area contributed by atoms with Crippen molar-refractivity contribution >= 4 is 39.6 Å². The Morgan fingerprint density at radius 3 is 2.51 bits per heavy atom. The predicted octanol–water partition coefficient (Wildman–Crippen LogP) is 7.05. The molecule has 0 spiro atoms. The molecular weight excluding hydrogens is 527 g/mol. The van der Waals surface area contributed by atoms with Crippen LogP contribution in [0.4, 0.5) is 30.2 Å². The van der Waals surface area contributed by atoms with E-state index in [4.69, 9.17) is 11.6 Å². The van der Waals surface area contributed by atoms with Crippen molar-refractivity contribution in [3.8, 4) is 6.07 Å². The van der Waals surface area contributed by atoms with Crippen molar-refractivity contribution in [2.75, 3.05) is 10.6 Å². The third-order valence-corrected chi connectivity index (χ3v) is 6.80. The molecule has 0 saturated heterocycles. The van der Waals surface area contributed by atoms with Gasteiger partial charge >= 0.3 is 0 Å². The number of fused-ring (bicyclic) bond motifs is 1. The fourth-order valence-electron chi connectivity index (χ4n) is 4.42. The van der Waals surface area contributed by atoms with Gasteiger partial charge in [-0.25, -0.2) is 18.7 Å². The van der Waals surface area contributed by atoms with Gasteiger partial charge in [-0.05, 0) is 42.7 Å². The Balaban J connectivity index is 1.44. The van der Waals surface area contributed by atoms with Crippen LogP contribution in [0.1, 0.15) is 41.7 Å². The number of nitrogens with zero attached hydrogens (tertiary/aromatic N) is 5. The molecule has 1 aliphatic rings. The maximum absolute atomic E-state index is 13.8. The van der Waals surface area contributed by atoms with Crippen molar-refractivity contribution in [3.63, 3.8) is 0 Å². The van der Waals surface area contributed by atoms with Crippen LogP contribution in [-0.4, -0.2) is 19.5 Å². The number of anilines is 3. The first-order valence-corrected chi connectivity index (χ1v) is 12.4. The van der Waals surface area contributed by atoms with Crippen LogP contribution in [0.15, 0.2) is 67.4 Å². The lowest BCUT2D eigenvalue weighted by atomic mass is 10.0. The molecule has 1 saturated carbocycles. The summed E-state index contributed by atoms with van der Waals surface area (Å²) in [6.07, 6.45) is 8.43. The summed E-state index contributed by atoms with van der Waals surface area (Å²) >= 11 is 6.62. The van der Waals surface area contributed by atoms with Crippen LogP contribution >= 0.6 is 11.6 Å². The van der Waals surface area contributed by atoms with Gasteiger partial charge in [-0.2, -0.15) is 9.65 Å². The summed E-state index contributed by atoms with van der Waals surface area (Å²) in [4.78, 5) is 12.3. The van der Waals surface area contributed by atoms with Gasteiger partial charge in [-0.15, -0.1) is 0 Å². The molecule has 3 heterocycles. The van der Waals surface area contributed by atoms with Crippen LogP contribution in [0.5, 0.6) is 0 Å². The Morgan fingerprint density at radius 2 is 1.79 bits per heavy atom. The zero-order valence-corrected chi connectivity index (χ0v) is 20.9. The molecule has 0 radical (unpaired) electrons. The van der Waals surface area contributed by atoms with Crippen LogP contribution in [0.25, 0.3) is 10.9 Å². The molecule has 2 N–H and O–H groups in total. The van der Waals surface area contributed by atoms with Crippen molar-refractivity contribution in [2.24, 2.45) is 0 Å². The van der Waals surface area contributed by atoms with Crippen LogP contribution < -0.4 is 10.6 Å². The quantitative estimate of drug-likeness (QED) is 0.213. The molecule has 39 heavy (non-hydrogen) atoms. The summed E-state index contributed by atoms with van der Waals surface area (Å²) in [6.45, 7) is 0. The molecule has 0 bridgehead atoms. The number of halogens is 4. The fourth-order valence-corrected chi connectivity index (χ4v) is 4.69. The Bertz CT molecular complexity index is 1740. The summed E-state index contributed by atoms with van der Waals surface area (Å²) in [5, 5.41) is 16.9. The third-order valence-electron chi connectivity index (χ3n) is 6.51. The standard InChI is InChI=1S/C28H19ClF3N7/c29-22-8-18(37-26(15-1-3-17(30)4-2-15)24-13-39(14-36-24)20-5-6-20)7-21-25(16(10-33)11-34-27(21)22)38-19-9-23(31)28(32)35-12-19/h1-4,7-9,11-14,20,26,37H,5-6H2,(H,34,38). The van der Waals surface area contributed by atoms with Gasteiger partial charge in [0.15, 0.2) is 5.82 Å². The van der Waals surface area contributed by atoms with Gasteiger partial charge in [0.25, 0.3) is 0 Å². The molecule has 7 nitrogen and oxygen atoms in total. The van der Waals surface area contributed by atoms with Crippen LogP contribution in [0, 0.1) is 28.9 Å². The molecular formula is C28H19ClF3N7. The number of nitrogens with one attached hydrogen (secondary N) is 2. The average molecular weight is 546 g/mol. The van der Waals surface area contributed by atoms with Crippen LogP contribution in [0.2, 0.25) is 5.02 Å². The van der Waals surface area contributed by atoms with E-state index in [-0.39, 0.29) is 17.1 Å². The zero-order valence-electron chi connectivity index (χ0n) is 20.2. The number of pyridine rings is 2. The van der Waals surface area contributed by atoms with Gasteiger partial charge in [-0.1, -0.05) is 23.7 Å². The molecule has 1 atom stereocenters. The Hall–Kier alpha value is -4.62. The van der Waals surface area contributed by atoms with Gasteiger partial charge in [-0.3, -0.25) is 4.98 Å². The van der Waals surface area contributed by atoms with E-state index in [9.17, 15) is 18.4 Å². The molecule has 1 unspecified atom stereocenters. The van der Waals surface area contributed by atoms with E-state index in [2.05, 4.69) is 36.2 Å². The maximum Gasteiger partial charge on any atom is 0.249 e. The molecule has 1 aliphatic carbocycles. The SMILES string of the molecule is N#Cc1cnc2c(Cl)cc(NC(c3ccc(F)cc3)c3cn(C4CC4)cn3)cc2c1Nc1cnc(F)c(F)c1. The van der Waals surface area contributed by atoms with E-state index in [1.165, 1.54) is 18.3 Å². The monoisotopic (exact) mass is 545 g/mol. The van der Waals surface area contributed by atoms with Crippen molar-refractivity contribution in [1.82, 2.24) is 19.5 Å². The third kappa shape index (κ3) is 4.96. The van der Waals surface area contributed by atoms with E-state index in [1.807, 2.05) is 6.20 Å². The molecule has 194 valence electrons. The number of aromatic nitrogens is 4. The minimum Gasteiger partial charge on any atom is -0.373 e. The minimum absolute atomic E-state index is 0.141.